The number of ether oxygens (including phenoxy) is 1. The lowest BCUT2D eigenvalue weighted by molar-refractivity contribution is 0.0601. The van der Waals surface area contributed by atoms with E-state index in [9.17, 15) is 4.79 Å². The molecule has 0 aliphatic heterocycles. The van der Waals surface area contributed by atoms with Crippen LogP contribution in [0.25, 0.3) is 55.0 Å². The van der Waals surface area contributed by atoms with Gasteiger partial charge in [0.05, 0.1) is 12.7 Å². The fourth-order valence-electron chi connectivity index (χ4n) is 4.28. The fraction of sp³-hybridized carbons (Fsp3) is 0.0385. The molecule has 0 spiro atoms. The van der Waals surface area contributed by atoms with Crippen molar-refractivity contribution in [2.75, 3.05) is 7.11 Å². The van der Waals surface area contributed by atoms with Crippen molar-refractivity contribution in [2.45, 2.75) is 0 Å². The van der Waals surface area contributed by atoms with E-state index in [1.54, 1.807) is 6.07 Å². The zero-order valence-electron chi connectivity index (χ0n) is 16.1. The number of fused-ring (bicyclic) bond motifs is 6. The third kappa shape index (κ3) is 2.25. The summed E-state index contributed by atoms with van der Waals surface area (Å²) < 4.78 is 17.6. The average molecular weight is 392 g/mol. The van der Waals surface area contributed by atoms with Crippen LogP contribution in [0.15, 0.2) is 87.7 Å². The summed E-state index contributed by atoms with van der Waals surface area (Å²) in [6.45, 7) is 0. The first-order valence-electron chi connectivity index (χ1n) is 9.69. The number of para-hydroxylation sites is 3. The van der Waals surface area contributed by atoms with Gasteiger partial charge in [-0.25, -0.2) is 4.79 Å². The number of benzene rings is 4. The third-order valence-corrected chi connectivity index (χ3v) is 5.63. The molecule has 2 aromatic heterocycles. The van der Waals surface area contributed by atoms with Gasteiger partial charge in [0, 0.05) is 32.7 Å². The second-order valence-electron chi connectivity index (χ2n) is 7.24. The van der Waals surface area contributed by atoms with E-state index in [0.29, 0.717) is 16.7 Å². The topological polar surface area (TPSA) is 52.6 Å². The van der Waals surface area contributed by atoms with Crippen molar-refractivity contribution < 1.29 is 18.4 Å². The Morgan fingerprint density at radius 3 is 1.97 bits per heavy atom. The van der Waals surface area contributed by atoms with Crippen molar-refractivity contribution in [3.63, 3.8) is 0 Å². The molecule has 0 unspecified atom stereocenters. The van der Waals surface area contributed by atoms with Crippen molar-refractivity contribution in [2.24, 2.45) is 0 Å². The summed E-state index contributed by atoms with van der Waals surface area (Å²) in [5.41, 5.74) is 4.86. The molecule has 0 aliphatic rings. The molecule has 6 rings (SSSR count). The number of carbonyl (C=O) groups excluding carboxylic acids is 1. The first kappa shape index (κ1) is 16.9. The summed E-state index contributed by atoms with van der Waals surface area (Å²) >= 11 is 0. The summed E-state index contributed by atoms with van der Waals surface area (Å²) in [7, 11) is 1.39. The summed E-state index contributed by atoms with van der Waals surface area (Å²) in [5.74, 6) is -0.416. The van der Waals surface area contributed by atoms with Crippen LogP contribution in [0.3, 0.4) is 0 Å². The molecule has 0 radical (unpaired) electrons. The number of carbonyl (C=O) groups is 1. The van der Waals surface area contributed by atoms with Gasteiger partial charge in [0.2, 0.25) is 0 Å². The van der Waals surface area contributed by atoms with Crippen LogP contribution in [0.1, 0.15) is 10.4 Å². The van der Waals surface area contributed by atoms with Crippen LogP contribution in [-0.4, -0.2) is 13.1 Å². The molecule has 4 heteroatoms. The average Bonchev–Trinajstić information content (AvgIpc) is 3.36. The number of furan rings is 2. The van der Waals surface area contributed by atoms with E-state index in [2.05, 4.69) is 0 Å². The van der Waals surface area contributed by atoms with Gasteiger partial charge < -0.3 is 13.6 Å². The van der Waals surface area contributed by atoms with E-state index in [0.717, 1.165) is 43.9 Å². The second-order valence-corrected chi connectivity index (χ2v) is 7.24. The fourth-order valence-corrected chi connectivity index (χ4v) is 4.28. The summed E-state index contributed by atoms with van der Waals surface area (Å²) in [6, 6.07) is 25.5. The maximum atomic E-state index is 12.7. The lowest BCUT2D eigenvalue weighted by Gasteiger charge is -2.09. The maximum absolute atomic E-state index is 12.7. The van der Waals surface area contributed by atoms with Gasteiger partial charge in [0.15, 0.2) is 0 Å². The van der Waals surface area contributed by atoms with Gasteiger partial charge in [0.25, 0.3) is 0 Å². The Morgan fingerprint density at radius 1 is 0.667 bits per heavy atom. The van der Waals surface area contributed by atoms with Gasteiger partial charge in [-0.05, 0) is 24.3 Å². The Hall–Kier alpha value is -4.05. The third-order valence-electron chi connectivity index (χ3n) is 5.63. The number of rotatable bonds is 2. The number of hydrogen-bond acceptors (Lipinski definition) is 4. The highest BCUT2D eigenvalue weighted by Gasteiger charge is 2.23. The highest BCUT2D eigenvalue weighted by atomic mass is 16.5. The molecule has 0 atom stereocenters. The summed E-state index contributed by atoms with van der Waals surface area (Å²) in [6.07, 6.45) is 0. The monoisotopic (exact) mass is 392 g/mol. The molecule has 6 aromatic rings. The van der Waals surface area contributed by atoms with Gasteiger partial charge in [-0.3, -0.25) is 0 Å². The maximum Gasteiger partial charge on any atom is 0.338 e. The molecule has 2 heterocycles. The van der Waals surface area contributed by atoms with Crippen LogP contribution >= 0.6 is 0 Å². The zero-order valence-corrected chi connectivity index (χ0v) is 16.1. The molecule has 0 aliphatic carbocycles. The Labute approximate surface area is 171 Å². The van der Waals surface area contributed by atoms with Crippen LogP contribution < -0.4 is 0 Å². The molecule has 0 saturated carbocycles. The molecule has 0 fully saturated rings. The molecular weight excluding hydrogens is 376 g/mol. The Balaban J connectivity index is 1.80. The molecule has 0 amide bonds. The Bertz CT molecular complexity index is 1600. The second kappa shape index (κ2) is 6.22. The minimum Gasteiger partial charge on any atom is -0.465 e. The van der Waals surface area contributed by atoms with Gasteiger partial charge in [-0.1, -0.05) is 54.6 Å². The van der Waals surface area contributed by atoms with E-state index in [4.69, 9.17) is 13.6 Å². The van der Waals surface area contributed by atoms with Crippen molar-refractivity contribution >= 4 is 49.8 Å². The van der Waals surface area contributed by atoms with Gasteiger partial charge in [-0.15, -0.1) is 0 Å². The predicted octanol–water partition coefficient (Wildman–Crippen LogP) is 6.94. The molecule has 0 N–H and O–H groups in total. The Kier molecular flexibility index (Phi) is 3.50. The first-order chi connectivity index (χ1) is 14.8. The lowest BCUT2D eigenvalue weighted by atomic mass is 9.95. The van der Waals surface area contributed by atoms with Gasteiger partial charge >= 0.3 is 5.97 Å². The van der Waals surface area contributed by atoms with Crippen molar-refractivity contribution in [3.8, 4) is 11.1 Å². The van der Waals surface area contributed by atoms with E-state index >= 15 is 0 Å². The standard InChI is InChI=1S/C26H16O4/c1-28-26(27)20-14-13-18-16-8-3-5-12-22(16)30-25(18)23(20)19-10-6-9-17-15-7-2-4-11-21(15)29-24(17)19/h2-14H,1H3. The number of esters is 1. The predicted molar refractivity (Wildman–Crippen MR) is 118 cm³/mol. The molecule has 0 bridgehead atoms. The highest BCUT2D eigenvalue weighted by molar-refractivity contribution is 6.18. The zero-order chi connectivity index (χ0) is 20.2. The van der Waals surface area contributed by atoms with E-state index in [-0.39, 0.29) is 0 Å². The normalized spacial score (nSPS) is 11.6. The van der Waals surface area contributed by atoms with Gasteiger partial charge in [0.1, 0.15) is 22.3 Å². The lowest BCUT2D eigenvalue weighted by Crippen LogP contribution is -2.03. The largest absolute Gasteiger partial charge is 0.465 e. The van der Waals surface area contributed by atoms with Crippen LogP contribution in [0, 0.1) is 0 Å². The summed E-state index contributed by atoms with van der Waals surface area (Å²) in [5, 5.41) is 3.97. The smallest absolute Gasteiger partial charge is 0.338 e. The summed E-state index contributed by atoms with van der Waals surface area (Å²) in [4.78, 5) is 12.7. The van der Waals surface area contributed by atoms with Crippen LogP contribution in [0.5, 0.6) is 0 Å². The molecule has 30 heavy (non-hydrogen) atoms. The SMILES string of the molecule is COC(=O)c1ccc2c(oc3ccccc32)c1-c1cccc2c1oc1ccccc12. The van der Waals surface area contributed by atoms with E-state index < -0.39 is 5.97 Å². The van der Waals surface area contributed by atoms with Crippen LogP contribution in [0.4, 0.5) is 0 Å². The minimum atomic E-state index is -0.416. The van der Waals surface area contributed by atoms with Gasteiger partial charge in [-0.2, -0.15) is 0 Å². The molecular formula is C26H16O4. The first-order valence-corrected chi connectivity index (χ1v) is 9.69. The van der Waals surface area contributed by atoms with Crippen molar-refractivity contribution in [3.05, 3.63) is 84.4 Å². The van der Waals surface area contributed by atoms with E-state index in [1.807, 2.05) is 72.8 Å². The van der Waals surface area contributed by atoms with E-state index in [1.165, 1.54) is 7.11 Å². The Morgan fingerprint density at radius 2 is 1.27 bits per heavy atom. The highest BCUT2D eigenvalue weighted by Crippen LogP contribution is 2.42. The van der Waals surface area contributed by atoms with Crippen molar-refractivity contribution in [1.29, 1.82) is 0 Å². The van der Waals surface area contributed by atoms with Crippen LogP contribution in [0.2, 0.25) is 0 Å². The minimum absolute atomic E-state index is 0.416. The quantitative estimate of drug-likeness (QED) is 0.300. The molecule has 0 saturated heterocycles. The van der Waals surface area contributed by atoms with Crippen LogP contribution in [-0.2, 0) is 4.74 Å². The number of hydrogen-bond donors (Lipinski definition) is 0. The molecule has 4 nitrogen and oxygen atoms in total. The van der Waals surface area contributed by atoms with Crippen molar-refractivity contribution in [1.82, 2.24) is 0 Å². The molecule has 4 aromatic carbocycles. The molecule has 144 valence electrons. The number of methoxy groups -OCH3 is 1.